The van der Waals surface area contributed by atoms with Crippen LogP contribution in [0.1, 0.15) is 22.6 Å². The summed E-state index contributed by atoms with van der Waals surface area (Å²) in [6.45, 7) is 7.35. The summed E-state index contributed by atoms with van der Waals surface area (Å²) in [7, 11) is -1.52. The molecule has 0 fully saturated rings. The van der Waals surface area contributed by atoms with Crippen LogP contribution >= 0.6 is 0 Å². The van der Waals surface area contributed by atoms with Crippen molar-refractivity contribution in [2.45, 2.75) is 32.0 Å². The average molecular weight is 529 g/mol. The quantitative estimate of drug-likeness (QED) is 0.161. The van der Waals surface area contributed by atoms with Crippen molar-refractivity contribution >= 4 is 40.9 Å². The molecule has 0 nitrogen and oxygen atoms in total. The van der Waals surface area contributed by atoms with Crippen molar-refractivity contribution in [2.75, 3.05) is 0 Å². The molecule has 0 aliphatic heterocycles. The van der Waals surface area contributed by atoms with E-state index in [4.69, 9.17) is 0 Å². The molecule has 3 aliphatic rings. The van der Waals surface area contributed by atoms with Crippen molar-refractivity contribution < 1.29 is 0 Å². The molecule has 5 aromatic carbocycles. The van der Waals surface area contributed by atoms with Crippen molar-refractivity contribution in [1.29, 1.82) is 0 Å². The Hall–Kier alpha value is -4.20. The smallest absolute Gasteiger partial charge is 0.0759 e. The zero-order chi connectivity index (χ0) is 27.0. The second-order valence-electron chi connectivity index (χ2n) is 12.5. The highest BCUT2D eigenvalue weighted by atomic mass is 28.3. The van der Waals surface area contributed by atoms with Gasteiger partial charge in [0.25, 0.3) is 0 Å². The first-order valence-electron chi connectivity index (χ1n) is 14.5. The minimum absolute atomic E-state index is 0.355. The Kier molecular flexibility index (Phi) is 5.12. The molecule has 0 radical (unpaired) electrons. The Morgan fingerprint density at radius 2 is 1.40 bits per heavy atom. The van der Waals surface area contributed by atoms with Gasteiger partial charge < -0.3 is 0 Å². The van der Waals surface area contributed by atoms with E-state index in [1.54, 1.807) is 0 Å². The lowest BCUT2D eigenvalue weighted by Gasteiger charge is -2.34. The Morgan fingerprint density at radius 3 is 2.20 bits per heavy atom. The van der Waals surface area contributed by atoms with E-state index in [0.29, 0.717) is 5.92 Å². The molecule has 0 amide bonds. The predicted molar refractivity (Wildman–Crippen MR) is 176 cm³/mol. The summed E-state index contributed by atoms with van der Waals surface area (Å²) in [5.74, 6) is 0.355. The van der Waals surface area contributed by atoms with Gasteiger partial charge in [-0.15, -0.1) is 0 Å². The van der Waals surface area contributed by atoms with Gasteiger partial charge >= 0.3 is 0 Å². The van der Waals surface area contributed by atoms with Gasteiger partial charge in [0, 0.05) is 5.92 Å². The van der Waals surface area contributed by atoms with E-state index in [1.165, 1.54) is 76.8 Å². The standard InChI is InChI=1S/C39H32Si/c1-40(2,3)29-20-23-34-35(24-29)37(25-10-5-4-6-11-25)30-14-7-8-15-31(30)39(34)33-22-19-28-17-16-26-12-9-13-27-18-21-32(33)38(28)36(26)27/h4-16,18-24,36H,17H2,1-3H3. The summed E-state index contributed by atoms with van der Waals surface area (Å²) < 4.78 is 0. The van der Waals surface area contributed by atoms with E-state index in [9.17, 15) is 0 Å². The largest absolute Gasteiger partial charge is 0.0776 e. The number of hydrogen-bond acceptors (Lipinski definition) is 0. The lowest BCUT2D eigenvalue weighted by atomic mass is 9.69. The van der Waals surface area contributed by atoms with Crippen LogP contribution in [0.15, 0.2) is 126 Å². The van der Waals surface area contributed by atoms with E-state index in [1.807, 2.05) is 0 Å². The molecule has 0 heterocycles. The van der Waals surface area contributed by atoms with Gasteiger partial charge in [0.1, 0.15) is 0 Å². The number of benzene rings is 5. The Bertz CT molecular complexity index is 1990. The van der Waals surface area contributed by atoms with Gasteiger partial charge in [-0.1, -0.05) is 146 Å². The highest BCUT2D eigenvalue weighted by Crippen LogP contribution is 2.51. The van der Waals surface area contributed by atoms with Gasteiger partial charge in [0.2, 0.25) is 0 Å². The summed E-state index contributed by atoms with van der Waals surface area (Å²) in [6.07, 6.45) is 15.0. The molecule has 0 bridgehead atoms. The zero-order valence-electron chi connectivity index (χ0n) is 23.3. The van der Waals surface area contributed by atoms with E-state index in [-0.39, 0.29) is 0 Å². The summed E-state index contributed by atoms with van der Waals surface area (Å²) in [6, 6.07) is 32.2. The third-order valence-electron chi connectivity index (χ3n) is 9.13. The Balaban J connectivity index is 1.51. The van der Waals surface area contributed by atoms with Crippen LogP contribution in [0.3, 0.4) is 0 Å². The first kappa shape index (κ1) is 23.7. The monoisotopic (exact) mass is 528 g/mol. The topological polar surface area (TPSA) is 0 Å². The molecule has 1 heteroatoms. The molecule has 0 saturated heterocycles. The highest BCUT2D eigenvalue weighted by molar-refractivity contribution is 6.88. The van der Waals surface area contributed by atoms with Crippen LogP contribution < -0.4 is 5.19 Å². The molecule has 5 aromatic rings. The molecule has 0 spiro atoms. The second-order valence-corrected chi connectivity index (χ2v) is 17.5. The summed E-state index contributed by atoms with van der Waals surface area (Å²) in [5.41, 5.74) is 12.6. The van der Waals surface area contributed by atoms with Gasteiger partial charge in [-0.05, 0) is 78.1 Å². The van der Waals surface area contributed by atoms with Crippen LogP contribution in [-0.2, 0) is 6.42 Å². The van der Waals surface area contributed by atoms with Gasteiger partial charge in [0.15, 0.2) is 0 Å². The van der Waals surface area contributed by atoms with Gasteiger partial charge in [0.05, 0.1) is 8.07 Å². The highest BCUT2D eigenvalue weighted by Gasteiger charge is 2.32. The molecular formula is C39H32Si. The molecule has 40 heavy (non-hydrogen) atoms. The van der Waals surface area contributed by atoms with Gasteiger partial charge in [-0.3, -0.25) is 0 Å². The van der Waals surface area contributed by atoms with Gasteiger partial charge in [-0.25, -0.2) is 0 Å². The molecule has 192 valence electrons. The molecule has 0 N–H and O–H groups in total. The fourth-order valence-corrected chi connectivity index (χ4v) is 8.34. The van der Waals surface area contributed by atoms with Crippen LogP contribution in [0.5, 0.6) is 0 Å². The maximum absolute atomic E-state index is 2.52. The van der Waals surface area contributed by atoms with Gasteiger partial charge in [-0.2, -0.15) is 0 Å². The van der Waals surface area contributed by atoms with E-state index in [0.717, 1.165) is 6.42 Å². The van der Waals surface area contributed by atoms with Crippen molar-refractivity contribution in [1.82, 2.24) is 0 Å². The SMILES string of the molecule is C[Si](C)(C)c1ccc2c(-c3ccc4c5c3C=CC3=CC=CC(=CC4)C35)c3ccccc3c(-c3ccccc3)c2c1. The lowest BCUT2D eigenvalue weighted by molar-refractivity contribution is 0.893. The molecule has 1 atom stereocenters. The Labute approximate surface area is 237 Å². The van der Waals surface area contributed by atoms with Crippen molar-refractivity contribution in [3.8, 4) is 22.3 Å². The third-order valence-corrected chi connectivity index (χ3v) is 11.2. The molecular weight excluding hydrogens is 497 g/mol. The Morgan fingerprint density at radius 1 is 0.650 bits per heavy atom. The minimum Gasteiger partial charge on any atom is -0.0759 e. The first-order valence-corrected chi connectivity index (χ1v) is 18.0. The summed E-state index contributed by atoms with van der Waals surface area (Å²) in [5, 5.41) is 6.88. The number of fused-ring (bicyclic) bond motifs is 2. The third kappa shape index (κ3) is 3.44. The van der Waals surface area contributed by atoms with Crippen LogP contribution in [0.25, 0.3) is 49.9 Å². The van der Waals surface area contributed by atoms with Crippen molar-refractivity contribution in [2.24, 2.45) is 0 Å². The molecule has 1 unspecified atom stereocenters. The fraction of sp³-hybridized carbons (Fsp3) is 0.128. The normalized spacial score (nSPS) is 17.1. The van der Waals surface area contributed by atoms with Crippen molar-refractivity contribution in [3.63, 3.8) is 0 Å². The summed E-state index contributed by atoms with van der Waals surface area (Å²) >= 11 is 0. The fourth-order valence-electron chi connectivity index (χ4n) is 7.18. The summed E-state index contributed by atoms with van der Waals surface area (Å²) in [4.78, 5) is 0. The predicted octanol–water partition coefficient (Wildman–Crippen LogP) is 9.96. The van der Waals surface area contributed by atoms with Crippen LogP contribution in [0, 0.1) is 0 Å². The zero-order valence-corrected chi connectivity index (χ0v) is 24.3. The number of rotatable bonds is 3. The van der Waals surface area contributed by atoms with E-state index >= 15 is 0 Å². The lowest BCUT2D eigenvalue weighted by Crippen LogP contribution is -2.37. The van der Waals surface area contributed by atoms with E-state index in [2.05, 4.69) is 141 Å². The minimum atomic E-state index is -1.52. The maximum Gasteiger partial charge on any atom is 0.0776 e. The van der Waals surface area contributed by atoms with Crippen molar-refractivity contribution in [3.05, 3.63) is 143 Å². The maximum atomic E-state index is 2.52. The van der Waals surface area contributed by atoms with E-state index < -0.39 is 8.07 Å². The molecule has 0 aromatic heterocycles. The van der Waals surface area contributed by atoms with Crippen LogP contribution in [-0.4, -0.2) is 8.07 Å². The van der Waals surface area contributed by atoms with Crippen LogP contribution in [0.4, 0.5) is 0 Å². The van der Waals surface area contributed by atoms with Crippen LogP contribution in [0.2, 0.25) is 19.6 Å². The average Bonchev–Trinajstić information content (AvgIpc) is 2.98. The first-order chi connectivity index (χ1) is 19.5. The molecule has 0 saturated carbocycles. The number of hydrogen-bond donors (Lipinski definition) is 0. The molecule has 3 aliphatic carbocycles. The second kappa shape index (κ2) is 8.65. The molecule has 8 rings (SSSR count). The number of allylic oxidation sites excluding steroid dienone is 7.